The van der Waals surface area contributed by atoms with Crippen LogP contribution in [0.15, 0.2) is 78.9 Å². The van der Waals surface area contributed by atoms with Gasteiger partial charge in [0.25, 0.3) is 5.91 Å². The predicted molar refractivity (Wildman–Crippen MR) is 135 cm³/mol. The number of amides is 3. The fraction of sp³-hybridized carbons (Fsp3) is 0.250. The van der Waals surface area contributed by atoms with Gasteiger partial charge in [-0.3, -0.25) is 14.4 Å². The highest BCUT2D eigenvalue weighted by Crippen LogP contribution is 2.35. The van der Waals surface area contributed by atoms with E-state index < -0.39 is 6.10 Å². The summed E-state index contributed by atoms with van der Waals surface area (Å²) in [6, 6.07) is 24.1. The molecule has 1 aliphatic rings. The minimum atomic E-state index is -0.849. The van der Waals surface area contributed by atoms with E-state index in [1.807, 2.05) is 79.7 Å². The van der Waals surface area contributed by atoms with E-state index in [-0.39, 0.29) is 30.3 Å². The highest BCUT2D eigenvalue weighted by atomic mass is 16.5. The van der Waals surface area contributed by atoms with E-state index in [0.29, 0.717) is 23.7 Å². The molecule has 0 unspecified atom stereocenters. The Kier molecular flexibility index (Phi) is 7.15. The highest BCUT2D eigenvalue weighted by molar-refractivity contribution is 5.96. The molecule has 0 aromatic heterocycles. The van der Waals surface area contributed by atoms with E-state index in [1.165, 1.54) is 13.8 Å². The van der Waals surface area contributed by atoms with Gasteiger partial charge in [0, 0.05) is 26.1 Å². The van der Waals surface area contributed by atoms with Crippen LogP contribution in [-0.4, -0.2) is 35.3 Å². The maximum absolute atomic E-state index is 14.0. The molecule has 0 saturated heterocycles. The summed E-state index contributed by atoms with van der Waals surface area (Å²) in [5.74, 6) is -0.0193. The van der Waals surface area contributed by atoms with E-state index in [9.17, 15) is 14.4 Å². The molecule has 1 aliphatic heterocycles. The second-order valence-corrected chi connectivity index (χ2v) is 8.64. The molecule has 0 aliphatic carbocycles. The summed E-state index contributed by atoms with van der Waals surface area (Å²) >= 11 is 0. The molecule has 0 radical (unpaired) electrons. The summed E-state index contributed by atoms with van der Waals surface area (Å²) in [6.45, 7) is 5.40. The number of fused-ring (bicyclic) bond motifs is 1. The number of benzene rings is 3. The lowest BCUT2D eigenvalue weighted by Crippen LogP contribution is -2.51. The van der Waals surface area contributed by atoms with Gasteiger partial charge in [0.15, 0.2) is 6.10 Å². The van der Waals surface area contributed by atoms with Gasteiger partial charge in [-0.2, -0.15) is 0 Å². The van der Waals surface area contributed by atoms with Crippen LogP contribution in [0, 0.1) is 0 Å². The Morgan fingerprint density at radius 2 is 1.71 bits per heavy atom. The van der Waals surface area contributed by atoms with E-state index in [1.54, 1.807) is 15.9 Å². The van der Waals surface area contributed by atoms with E-state index in [0.717, 1.165) is 11.1 Å². The van der Waals surface area contributed by atoms with E-state index in [2.05, 4.69) is 5.32 Å². The van der Waals surface area contributed by atoms with E-state index >= 15 is 0 Å². The number of ether oxygens (including phenoxy) is 1. The number of anilines is 2. The van der Waals surface area contributed by atoms with Crippen molar-refractivity contribution in [2.24, 2.45) is 0 Å². The van der Waals surface area contributed by atoms with Gasteiger partial charge >= 0.3 is 0 Å². The lowest BCUT2D eigenvalue weighted by Gasteiger charge is -2.38. The minimum Gasteiger partial charge on any atom is -0.476 e. The van der Waals surface area contributed by atoms with Crippen molar-refractivity contribution >= 4 is 29.1 Å². The quantitative estimate of drug-likeness (QED) is 0.572. The first kappa shape index (κ1) is 24.0. The van der Waals surface area contributed by atoms with Crippen LogP contribution in [0.1, 0.15) is 37.9 Å². The van der Waals surface area contributed by atoms with Gasteiger partial charge < -0.3 is 19.9 Å². The average molecular weight is 472 g/mol. The molecule has 35 heavy (non-hydrogen) atoms. The van der Waals surface area contributed by atoms with Gasteiger partial charge in [-0.05, 0) is 42.3 Å². The number of hydrogen-bond acceptors (Lipinski definition) is 4. The average Bonchev–Trinajstić information content (AvgIpc) is 2.86. The van der Waals surface area contributed by atoms with Crippen LogP contribution in [0.5, 0.6) is 5.75 Å². The molecular weight excluding hydrogens is 442 g/mol. The van der Waals surface area contributed by atoms with Gasteiger partial charge in [0.05, 0.1) is 18.3 Å². The molecule has 180 valence electrons. The predicted octanol–water partition coefficient (Wildman–Crippen LogP) is 4.55. The molecule has 0 saturated carbocycles. The SMILES string of the molecule is CC(=O)Nc1cccc([C@@H](C)N(Cc2ccccc2)C(=O)[C@H]2CN(C(C)=O)c3ccccc3O2)c1. The number of nitrogens with one attached hydrogen (secondary N) is 1. The zero-order chi connectivity index (χ0) is 24.9. The molecule has 2 atom stereocenters. The Labute approximate surface area is 205 Å². The number of carbonyl (C=O) groups is 3. The van der Waals surface area contributed by atoms with Crippen molar-refractivity contribution in [3.05, 3.63) is 90.0 Å². The summed E-state index contributed by atoms with van der Waals surface area (Å²) in [7, 11) is 0. The Balaban J connectivity index is 1.67. The van der Waals surface area contributed by atoms with Crippen LogP contribution in [0.2, 0.25) is 0 Å². The van der Waals surface area contributed by atoms with Crippen LogP contribution in [0.4, 0.5) is 11.4 Å². The topological polar surface area (TPSA) is 79.0 Å². The number of nitrogens with zero attached hydrogens (tertiary/aromatic N) is 2. The first-order chi connectivity index (χ1) is 16.8. The molecule has 7 heteroatoms. The van der Waals surface area contributed by atoms with Crippen LogP contribution in [0.25, 0.3) is 0 Å². The lowest BCUT2D eigenvalue weighted by molar-refractivity contribution is -0.141. The van der Waals surface area contributed by atoms with Crippen molar-refractivity contribution in [2.45, 2.75) is 39.5 Å². The normalized spacial score (nSPS) is 15.4. The van der Waals surface area contributed by atoms with Crippen LogP contribution < -0.4 is 15.0 Å². The van der Waals surface area contributed by atoms with Gasteiger partial charge in [0.1, 0.15) is 5.75 Å². The maximum atomic E-state index is 14.0. The molecule has 3 amide bonds. The third kappa shape index (κ3) is 5.51. The van der Waals surface area contributed by atoms with E-state index in [4.69, 9.17) is 4.74 Å². The molecule has 0 fully saturated rings. The van der Waals surface area contributed by atoms with Gasteiger partial charge in [-0.25, -0.2) is 0 Å². The fourth-order valence-corrected chi connectivity index (χ4v) is 4.29. The van der Waals surface area contributed by atoms with Crippen LogP contribution in [-0.2, 0) is 20.9 Å². The number of para-hydroxylation sites is 2. The van der Waals surface area contributed by atoms with Gasteiger partial charge in [-0.15, -0.1) is 0 Å². The maximum Gasteiger partial charge on any atom is 0.266 e. The molecule has 0 bridgehead atoms. The van der Waals surface area contributed by atoms with Crippen molar-refractivity contribution < 1.29 is 19.1 Å². The Bertz CT molecular complexity index is 1230. The first-order valence-electron chi connectivity index (χ1n) is 11.6. The molecule has 3 aromatic rings. The summed E-state index contributed by atoms with van der Waals surface area (Å²) in [5.41, 5.74) is 3.18. The smallest absolute Gasteiger partial charge is 0.266 e. The molecule has 3 aromatic carbocycles. The van der Waals surface area contributed by atoms with Crippen molar-refractivity contribution in [3.8, 4) is 5.75 Å². The molecular formula is C28H29N3O4. The molecule has 4 rings (SSSR count). The summed E-state index contributed by atoms with van der Waals surface area (Å²) in [4.78, 5) is 41.2. The van der Waals surface area contributed by atoms with Crippen LogP contribution >= 0.6 is 0 Å². The molecule has 0 spiro atoms. The van der Waals surface area contributed by atoms with Gasteiger partial charge in [0.2, 0.25) is 11.8 Å². The zero-order valence-electron chi connectivity index (χ0n) is 20.1. The Hall–Kier alpha value is -4.13. The van der Waals surface area contributed by atoms with Gasteiger partial charge in [-0.1, -0.05) is 54.6 Å². The van der Waals surface area contributed by atoms with Crippen molar-refractivity contribution in [1.29, 1.82) is 0 Å². The second kappa shape index (κ2) is 10.4. The van der Waals surface area contributed by atoms with Crippen molar-refractivity contribution in [3.63, 3.8) is 0 Å². The lowest BCUT2D eigenvalue weighted by atomic mass is 10.0. The van der Waals surface area contributed by atoms with Crippen molar-refractivity contribution in [1.82, 2.24) is 4.90 Å². The summed E-state index contributed by atoms with van der Waals surface area (Å²) in [6.07, 6.45) is -0.849. The standard InChI is InChI=1S/C28H29N3O4/c1-19(23-12-9-13-24(16-23)29-20(2)32)30(17-22-10-5-4-6-11-22)28(34)27-18-31(21(3)33)25-14-7-8-15-26(25)35-27/h4-16,19,27H,17-18H2,1-3H3,(H,29,32)/t19-,27-/m1/s1. The third-order valence-electron chi connectivity index (χ3n) is 6.06. The van der Waals surface area contributed by atoms with Crippen molar-refractivity contribution in [2.75, 3.05) is 16.8 Å². The monoisotopic (exact) mass is 471 g/mol. The largest absolute Gasteiger partial charge is 0.476 e. The Morgan fingerprint density at radius 1 is 1.00 bits per heavy atom. The number of carbonyl (C=O) groups excluding carboxylic acids is 3. The molecule has 1 N–H and O–H groups in total. The first-order valence-corrected chi connectivity index (χ1v) is 11.6. The Morgan fingerprint density at radius 3 is 2.43 bits per heavy atom. The number of hydrogen-bond donors (Lipinski definition) is 1. The van der Waals surface area contributed by atoms with Crippen LogP contribution in [0.3, 0.4) is 0 Å². The fourth-order valence-electron chi connectivity index (χ4n) is 4.29. The highest BCUT2D eigenvalue weighted by Gasteiger charge is 2.36. The second-order valence-electron chi connectivity index (χ2n) is 8.64. The number of rotatable bonds is 6. The molecule has 7 nitrogen and oxygen atoms in total. The summed E-state index contributed by atoms with van der Waals surface area (Å²) < 4.78 is 6.11. The minimum absolute atomic E-state index is 0.134. The summed E-state index contributed by atoms with van der Waals surface area (Å²) in [5, 5.41) is 2.80. The third-order valence-corrected chi connectivity index (χ3v) is 6.06. The molecule has 1 heterocycles. The zero-order valence-corrected chi connectivity index (χ0v) is 20.1.